The molecule has 2 aromatic rings. The van der Waals surface area contributed by atoms with Crippen LogP contribution in [-0.4, -0.2) is 34.7 Å². The predicted molar refractivity (Wildman–Crippen MR) is 89.9 cm³/mol. The Morgan fingerprint density at radius 2 is 1.87 bits per heavy atom. The number of benzene rings is 1. The fourth-order valence-corrected chi connectivity index (χ4v) is 3.23. The minimum Gasteiger partial charge on any atom is -0.506 e. The van der Waals surface area contributed by atoms with Crippen molar-refractivity contribution in [3.8, 4) is 6.07 Å². The van der Waals surface area contributed by atoms with Gasteiger partial charge < -0.3 is 15.0 Å². The van der Waals surface area contributed by atoms with Gasteiger partial charge in [-0.15, -0.1) is 0 Å². The van der Waals surface area contributed by atoms with Gasteiger partial charge in [-0.05, 0) is 37.8 Å². The van der Waals surface area contributed by atoms with Crippen molar-refractivity contribution < 1.29 is 10.0 Å². The van der Waals surface area contributed by atoms with Crippen molar-refractivity contribution in [2.45, 2.75) is 32.1 Å². The average molecular weight is 311 g/mol. The van der Waals surface area contributed by atoms with Gasteiger partial charge in [0.15, 0.2) is 11.6 Å². The first-order chi connectivity index (χ1) is 11.3. The molecular formula is C18H23N4O+. The zero-order chi connectivity index (χ0) is 16.1. The lowest BCUT2D eigenvalue weighted by Crippen LogP contribution is -3.12. The van der Waals surface area contributed by atoms with E-state index >= 15 is 0 Å². The summed E-state index contributed by atoms with van der Waals surface area (Å²) in [5.41, 5.74) is 1.94. The number of quaternary nitrogens is 1. The monoisotopic (exact) mass is 311 g/mol. The third-order valence-corrected chi connectivity index (χ3v) is 4.50. The van der Waals surface area contributed by atoms with Crippen LogP contribution in [0.5, 0.6) is 0 Å². The van der Waals surface area contributed by atoms with Crippen LogP contribution < -0.4 is 4.90 Å². The number of aliphatic hydroxyl groups is 1. The first kappa shape index (κ1) is 15.6. The van der Waals surface area contributed by atoms with Crippen LogP contribution in [0.2, 0.25) is 0 Å². The Morgan fingerprint density at radius 3 is 2.57 bits per heavy atom. The second-order valence-corrected chi connectivity index (χ2v) is 6.23. The van der Waals surface area contributed by atoms with Gasteiger partial charge in [-0.3, -0.25) is 0 Å². The van der Waals surface area contributed by atoms with Crippen LogP contribution in [0.1, 0.15) is 37.9 Å². The second kappa shape index (κ2) is 7.30. The van der Waals surface area contributed by atoms with E-state index in [1.807, 2.05) is 24.3 Å². The maximum atomic E-state index is 10.5. The van der Waals surface area contributed by atoms with E-state index in [2.05, 4.69) is 16.0 Å². The number of nitriles is 1. The van der Waals surface area contributed by atoms with Crippen molar-refractivity contribution in [2.75, 3.05) is 19.6 Å². The van der Waals surface area contributed by atoms with Gasteiger partial charge in [0.1, 0.15) is 18.2 Å². The van der Waals surface area contributed by atoms with Crippen LogP contribution in [-0.2, 0) is 0 Å². The Balaban J connectivity index is 1.82. The van der Waals surface area contributed by atoms with Crippen molar-refractivity contribution in [3.05, 3.63) is 35.8 Å². The normalized spacial score (nSPS) is 18.0. The molecule has 23 heavy (non-hydrogen) atoms. The number of fused-ring (bicyclic) bond motifs is 1. The highest BCUT2D eigenvalue weighted by molar-refractivity contribution is 5.82. The first-order valence-corrected chi connectivity index (χ1v) is 8.39. The molecule has 2 heterocycles. The van der Waals surface area contributed by atoms with Crippen LogP contribution in [0, 0.1) is 11.3 Å². The van der Waals surface area contributed by atoms with E-state index in [4.69, 9.17) is 0 Å². The van der Waals surface area contributed by atoms with E-state index < -0.39 is 0 Å². The highest BCUT2D eigenvalue weighted by Crippen LogP contribution is 2.18. The van der Waals surface area contributed by atoms with E-state index in [0.29, 0.717) is 12.4 Å². The minimum absolute atomic E-state index is 0.141. The van der Waals surface area contributed by atoms with Crippen LogP contribution in [0.3, 0.4) is 0 Å². The largest absolute Gasteiger partial charge is 0.506 e. The van der Waals surface area contributed by atoms with Crippen LogP contribution in [0.25, 0.3) is 16.6 Å². The molecule has 0 amide bonds. The van der Waals surface area contributed by atoms with E-state index in [9.17, 15) is 10.4 Å². The fourth-order valence-electron chi connectivity index (χ4n) is 3.23. The Labute approximate surface area is 136 Å². The molecule has 0 bridgehead atoms. The van der Waals surface area contributed by atoms with Gasteiger partial charge in [-0.1, -0.05) is 18.6 Å². The molecule has 3 rings (SSSR count). The summed E-state index contributed by atoms with van der Waals surface area (Å²) in [5.74, 6) is 0.597. The number of aromatic nitrogens is 2. The van der Waals surface area contributed by atoms with E-state index in [-0.39, 0.29) is 11.3 Å². The lowest BCUT2D eigenvalue weighted by molar-refractivity contribution is -0.897. The number of hydrogen-bond donors (Lipinski definition) is 3. The van der Waals surface area contributed by atoms with Gasteiger partial charge >= 0.3 is 0 Å². The van der Waals surface area contributed by atoms with Crippen LogP contribution in [0.15, 0.2) is 30.0 Å². The first-order valence-electron chi connectivity index (χ1n) is 8.39. The van der Waals surface area contributed by atoms with Crippen LogP contribution >= 0.6 is 0 Å². The summed E-state index contributed by atoms with van der Waals surface area (Å²) in [4.78, 5) is 8.91. The molecule has 5 heteroatoms. The smallest absolute Gasteiger partial charge is 0.169 e. The SMILES string of the molecule is N#C/C(=C(/O)C[NH+]1CCCCCCC1)c1nc2ccccc2[nH]1. The van der Waals surface area contributed by atoms with Gasteiger partial charge in [-0.2, -0.15) is 5.26 Å². The topological polar surface area (TPSA) is 77.1 Å². The zero-order valence-corrected chi connectivity index (χ0v) is 13.3. The number of nitrogens with one attached hydrogen (secondary N) is 2. The predicted octanol–water partition coefficient (Wildman–Crippen LogP) is 2.20. The van der Waals surface area contributed by atoms with Gasteiger partial charge in [0.2, 0.25) is 0 Å². The summed E-state index contributed by atoms with van der Waals surface area (Å²) in [6.45, 7) is 2.62. The van der Waals surface area contributed by atoms with Gasteiger partial charge in [0.05, 0.1) is 24.1 Å². The summed E-state index contributed by atoms with van der Waals surface area (Å²) in [6, 6.07) is 9.76. The fraction of sp³-hybridized carbons (Fsp3) is 0.444. The van der Waals surface area contributed by atoms with Crippen LogP contribution in [0.4, 0.5) is 0 Å². The van der Waals surface area contributed by atoms with E-state index in [1.54, 1.807) is 0 Å². The number of rotatable bonds is 3. The summed E-state index contributed by atoms with van der Waals surface area (Å²) in [7, 11) is 0. The number of imidazole rings is 1. The molecule has 3 N–H and O–H groups in total. The quantitative estimate of drug-likeness (QED) is 0.601. The Bertz CT molecular complexity index is 700. The number of aromatic amines is 1. The molecule has 1 aromatic heterocycles. The Kier molecular flexibility index (Phi) is 4.94. The molecule has 1 aromatic carbocycles. The number of para-hydroxylation sites is 2. The van der Waals surface area contributed by atoms with Gasteiger partial charge in [0.25, 0.3) is 0 Å². The summed E-state index contributed by atoms with van der Waals surface area (Å²) < 4.78 is 0. The number of nitrogens with zero attached hydrogens (tertiary/aromatic N) is 2. The number of allylic oxidation sites excluding steroid dienone is 1. The molecule has 1 aliphatic rings. The number of aliphatic hydroxyl groups excluding tert-OH is 1. The lowest BCUT2D eigenvalue weighted by Gasteiger charge is -2.21. The molecule has 0 aliphatic carbocycles. The highest BCUT2D eigenvalue weighted by atomic mass is 16.3. The molecule has 1 saturated heterocycles. The number of likely N-dealkylation sites (tertiary alicyclic amines) is 1. The molecule has 1 fully saturated rings. The van der Waals surface area contributed by atoms with E-state index in [1.165, 1.54) is 37.0 Å². The van der Waals surface area contributed by atoms with Crippen molar-refractivity contribution in [1.29, 1.82) is 5.26 Å². The number of hydrogen-bond acceptors (Lipinski definition) is 3. The summed E-state index contributed by atoms with van der Waals surface area (Å²) >= 11 is 0. The summed E-state index contributed by atoms with van der Waals surface area (Å²) in [5, 5.41) is 19.9. The molecule has 0 radical (unpaired) electrons. The number of H-pyrrole nitrogens is 1. The maximum Gasteiger partial charge on any atom is 0.169 e. The second-order valence-electron chi connectivity index (χ2n) is 6.23. The van der Waals surface area contributed by atoms with Crippen molar-refractivity contribution in [1.82, 2.24) is 9.97 Å². The molecule has 0 saturated carbocycles. The Morgan fingerprint density at radius 1 is 1.17 bits per heavy atom. The molecule has 1 aliphatic heterocycles. The zero-order valence-electron chi connectivity index (χ0n) is 13.3. The third kappa shape index (κ3) is 3.72. The van der Waals surface area contributed by atoms with Crippen molar-refractivity contribution >= 4 is 16.6 Å². The maximum absolute atomic E-state index is 10.5. The van der Waals surface area contributed by atoms with Gasteiger partial charge in [-0.25, -0.2) is 4.98 Å². The average Bonchev–Trinajstić information content (AvgIpc) is 2.94. The van der Waals surface area contributed by atoms with Crippen molar-refractivity contribution in [3.63, 3.8) is 0 Å². The van der Waals surface area contributed by atoms with Gasteiger partial charge in [0, 0.05) is 0 Å². The lowest BCUT2D eigenvalue weighted by atomic mass is 10.1. The summed E-state index contributed by atoms with van der Waals surface area (Å²) in [6.07, 6.45) is 6.23. The highest BCUT2D eigenvalue weighted by Gasteiger charge is 2.18. The molecule has 0 spiro atoms. The third-order valence-electron chi connectivity index (χ3n) is 4.50. The molecular weight excluding hydrogens is 288 g/mol. The Hall–Kier alpha value is -2.32. The molecule has 0 unspecified atom stereocenters. The van der Waals surface area contributed by atoms with E-state index in [0.717, 1.165) is 24.1 Å². The molecule has 120 valence electrons. The molecule has 5 nitrogen and oxygen atoms in total. The minimum atomic E-state index is 0.141. The standard InChI is InChI=1S/C18H22N4O/c19-12-14(18-20-15-8-4-5-9-16(15)21-18)17(23)13-22-10-6-2-1-3-7-11-22/h4-5,8-9,23H,1-3,6-7,10-11,13H2,(H,20,21)/p+1/b17-14-. The molecule has 0 atom stereocenters. The van der Waals surface area contributed by atoms with Crippen molar-refractivity contribution in [2.24, 2.45) is 0 Å².